The number of halogens is 1. The summed E-state index contributed by atoms with van der Waals surface area (Å²) in [5.74, 6) is 1.11. The van der Waals surface area contributed by atoms with Crippen LogP contribution in [0.15, 0.2) is 42.5 Å². The zero-order valence-corrected chi connectivity index (χ0v) is 13.0. The van der Waals surface area contributed by atoms with Crippen LogP contribution in [0.25, 0.3) is 0 Å². The van der Waals surface area contributed by atoms with E-state index in [4.69, 9.17) is 21.1 Å². The topological polar surface area (TPSA) is 35.5 Å². The number of benzene rings is 2. The highest BCUT2D eigenvalue weighted by Gasteiger charge is 2.15. The fourth-order valence-corrected chi connectivity index (χ4v) is 2.14. The van der Waals surface area contributed by atoms with Crippen molar-refractivity contribution in [1.29, 1.82) is 0 Å². The molecular formula is C17H17ClO3. The van der Waals surface area contributed by atoms with Gasteiger partial charge in [0.2, 0.25) is 0 Å². The van der Waals surface area contributed by atoms with Gasteiger partial charge in [-0.2, -0.15) is 0 Å². The summed E-state index contributed by atoms with van der Waals surface area (Å²) in [4.78, 5) is 12.5. The molecule has 3 nitrogen and oxygen atoms in total. The highest BCUT2D eigenvalue weighted by molar-refractivity contribution is 6.31. The Morgan fingerprint density at radius 2 is 1.76 bits per heavy atom. The van der Waals surface area contributed by atoms with E-state index in [9.17, 15) is 4.79 Å². The third-order valence-corrected chi connectivity index (χ3v) is 3.13. The molecule has 0 aliphatic rings. The van der Waals surface area contributed by atoms with Gasteiger partial charge < -0.3 is 9.47 Å². The van der Waals surface area contributed by atoms with Gasteiger partial charge in [0.1, 0.15) is 11.5 Å². The first-order valence-corrected chi connectivity index (χ1v) is 7.04. The van der Waals surface area contributed by atoms with Crippen LogP contribution in [0.2, 0.25) is 5.02 Å². The van der Waals surface area contributed by atoms with Crippen LogP contribution in [0.5, 0.6) is 11.5 Å². The summed E-state index contributed by atoms with van der Waals surface area (Å²) in [5, 5.41) is 0.499. The van der Waals surface area contributed by atoms with Crippen LogP contribution < -0.4 is 9.47 Å². The highest BCUT2D eigenvalue weighted by Crippen LogP contribution is 2.26. The number of carbonyl (C=O) groups excluding carboxylic acids is 1. The standard InChI is InChI=1S/C17H17ClO3/c1-11(2)21-14-7-4-12(5-8-14)17(19)15-10-13(18)6-9-16(15)20-3/h4-11H,1-3H3. The van der Waals surface area contributed by atoms with E-state index in [1.54, 1.807) is 42.5 Å². The monoisotopic (exact) mass is 304 g/mol. The van der Waals surface area contributed by atoms with E-state index in [1.165, 1.54) is 7.11 Å². The molecule has 21 heavy (non-hydrogen) atoms. The van der Waals surface area contributed by atoms with E-state index in [0.29, 0.717) is 21.9 Å². The number of carbonyl (C=O) groups is 1. The quantitative estimate of drug-likeness (QED) is 0.770. The first kappa shape index (κ1) is 15.4. The molecule has 0 fully saturated rings. The molecule has 0 unspecified atom stereocenters. The molecule has 2 rings (SSSR count). The average Bonchev–Trinajstić information content (AvgIpc) is 2.46. The molecule has 0 aromatic heterocycles. The van der Waals surface area contributed by atoms with E-state index in [-0.39, 0.29) is 11.9 Å². The molecule has 4 heteroatoms. The first-order valence-electron chi connectivity index (χ1n) is 6.66. The van der Waals surface area contributed by atoms with Crippen molar-refractivity contribution >= 4 is 17.4 Å². The second kappa shape index (κ2) is 6.64. The normalized spacial score (nSPS) is 10.5. The summed E-state index contributed by atoms with van der Waals surface area (Å²) >= 11 is 5.96. The van der Waals surface area contributed by atoms with Gasteiger partial charge in [-0.25, -0.2) is 0 Å². The Balaban J connectivity index is 2.30. The molecule has 2 aromatic carbocycles. The molecule has 0 saturated carbocycles. The Hall–Kier alpha value is -2.00. The van der Waals surface area contributed by atoms with Gasteiger partial charge in [-0.05, 0) is 56.3 Å². The summed E-state index contributed by atoms with van der Waals surface area (Å²) < 4.78 is 10.8. The minimum atomic E-state index is -0.134. The molecule has 0 amide bonds. The lowest BCUT2D eigenvalue weighted by Gasteiger charge is -2.11. The molecule has 110 valence electrons. The van der Waals surface area contributed by atoms with Crippen LogP contribution in [0, 0.1) is 0 Å². The Labute approximate surface area is 129 Å². The molecule has 0 radical (unpaired) electrons. The Bertz CT molecular complexity index is 633. The maximum atomic E-state index is 12.5. The van der Waals surface area contributed by atoms with Crippen LogP contribution in [0.3, 0.4) is 0 Å². The van der Waals surface area contributed by atoms with Gasteiger partial charge in [-0.3, -0.25) is 4.79 Å². The molecule has 0 atom stereocenters. The number of ketones is 1. The van der Waals surface area contributed by atoms with Gasteiger partial charge in [0.15, 0.2) is 5.78 Å². The van der Waals surface area contributed by atoms with Crippen molar-refractivity contribution in [3.05, 3.63) is 58.6 Å². The second-order valence-electron chi connectivity index (χ2n) is 4.86. The Kier molecular flexibility index (Phi) is 4.86. The van der Waals surface area contributed by atoms with Gasteiger partial charge >= 0.3 is 0 Å². The Morgan fingerprint density at radius 3 is 2.33 bits per heavy atom. The van der Waals surface area contributed by atoms with E-state index in [0.717, 1.165) is 5.75 Å². The lowest BCUT2D eigenvalue weighted by molar-refractivity contribution is 0.103. The lowest BCUT2D eigenvalue weighted by Crippen LogP contribution is -2.07. The third kappa shape index (κ3) is 3.76. The van der Waals surface area contributed by atoms with Gasteiger partial charge in [0.05, 0.1) is 18.8 Å². The van der Waals surface area contributed by atoms with Gasteiger partial charge in [0.25, 0.3) is 0 Å². The van der Waals surface area contributed by atoms with Crippen molar-refractivity contribution in [2.75, 3.05) is 7.11 Å². The predicted molar refractivity (Wildman–Crippen MR) is 83.6 cm³/mol. The van der Waals surface area contributed by atoms with Crippen LogP contribution in [-0.2, 0) is 0 Å². The van der Waals surface area contributed by atoms with Crippen molar-refractivity contribution in [2.45, 2.75) is 20.0 Å². The summed E-state index contributed by atoms with van der Waals surface area (Å²) in [5.41, 5.74) is 1.01. The van der Waals surface area contributed by atoms with Gasteiger partial charge in [-0.1, -0.05) is 11.6 Å². The first-order chi connectivity index (χ1) is 10.0. The largest absolute Gasteiger partial charge is 0.496 e. The van der Waals surface area contributed by atoms with Crippen molar-refractivity contribution in [3.8, 4) is 11.5 Å². The van der Waals surface area contributed by atoms with E-state index < -0.39 is 0 Å². The summed E-state index contributed by atoms with van der Waals surface area (Å²) in [6, 6.07) is 12.0. The molecule has 0 saturated heterocycles. The predicted octanol–water partition coefficient (Wildman–Crippen LogP) is 4.37. The van der Waals surface area contributed by atoms with Crippen LogP contribution in [0.4, 0.5) is 0 Å². The third-order valence-electron chi connectivity index (χ3n) is 2.89. The number of rotatable bonds is 5. The maximum absolute atomic E-state index is 12.5. The van der Waals surface area contributed by atoms with Crippen LogP contribution >= 0.6 is 11.6 Å². The molecule has 2 aromatic rings. The fourth-order valence-electron chi connectivity index (χ4n) is 1.97. The van der Waals surface area contributed by atoms with Gasteiger partial charge in [0, 0.05) is 10.6 Å². The molecule has 0 heterocycles. The zero-order valence-electron chi connectivity index (χ0n) is 12.2. The molecule has 0 bridgehead atoms. The number of ether oxygens (including phenoxy) is 2. The van der Waals surface area contributed by atoms with Gasteiger partial charge in [-0.15, -0.1) is 0 Å². The summed E-state index contributed by atoms with van der Waals surface area (Å²) in [6.45, 7) is 3.91. The zero-order chi connectivity index (χ0) is 15.4. The van der Waals surface area contributed by atoms with Crippen molar-refractivity contribution in [3.63, 3.8) is 0 Å². The van der Waals surface area contributed by atoms with Crippen molar-refractivity contribution in [2.24, 2.45) is 0 Å². The molecular weight excluding hydrogens is 288 g/mol. The van der Waals surface area contributed by atoms with E-state index in [2.05, 4.69) is 0 Å². The minimum Gasteiger partial charge on any atom is -0.496 e. The maximum Gasteiger partial charge on any atom is 0.196 e. The Morgan fingerprint density at radius 1 is 1.10 bits per heavy atom. The smallest absolute Gasteiger partial charge is 0.196 e. The highest BCUT2D eigenvalue weighted by atomic mass is 35.5. The van der Waals surface area contributed by atoms with Crippen LogP contribution in [-0.4, -0.2) is 19.0 Å². The van der Waals surface area contributed by atoms with E-state index >= 15 is 0 Å². The van der Waals surface area contributed by atoms with Crippen LogP contribution in [0.1, 0.15) is 29.8 Å². The number of hydrogen-bond acceptors (Lipinski definition) is 3. The fraction of sp³-hybridized carbons (Fsp3) is 0.235. The second-order valence-corrected chi connectivity index (χ2v) is 5.30. The van der Waals surface area contributed by atoms with E-state index in [1.807, 2.05) is 13.8 Å². The molecule has 0 aliphatic heterocycles. The van der Waals surface area contributed by atoms with Crippen molar-refractivity contribution in [1.82, 2.24) is 0 Å². The van der Waals surface area contributed by atoms with Crippen molar-refractivity contribution < 1.29 is 14.3 Å². The molecule has 0 N–H and O–H groups in total. The average molecular weight is 305 g/mol. The summed E-state index contributed by atoms with van der Waals surface area (Å²) in [6.07, 6.45) is 0.0968. The number of hydrogen-bond donors (Lipinski definition) is 0. The SMILES string of the molecule is COc1ccc(Cl)cc1C(=O)c1ccc(OC(C)C)cc1. The molecule has 0 aliphatic carbocycles. The summed E-state index contributed by atoms with van der Waals surface area (Å²) in [7, 11) is 1.53. The molecule has 0 spiro atoms. The lowest BCUT2D eigenvalue weighted by atomic mass is 10.0. The minimum absolute atomic E-state index is 0.0968. The number of methoxy groups -OCH3 is 1.